The molecule has 0 amide bonds. The predicted octanol–water partition coefficient (Wildman–Crippen LogP) is 1.33. The lowest BCUT2D eigenvalue weighted by molar-refractivity contribution is 0.732. The fourth-order valence-electron chi connectivity index (χ4n) is 1.33. The summed E-state index contributed by atoms with van der Waals surface area (Å²) in [5.74, 6) is 0.252. The largest absolute Gasteiger partial charge is 0.330 e. The molecule has 0 radical (unpaired) electrons. The van der Waals surface area contributed by atoms with Gasteiger partial charge in [0.2, 0.25) is 0 Å². The Hall–Kier alpha value is -1.68. The van der Waals surface area contributed by atoms with Crippen molar-refractivity contribution in [2.75, 3.05) is 6.54 Å². The van der Waals surface area contributed by atoms with Gasteiger partial charge in [-0.3, -0.25) is 0 Å². The molecule has 15 heavy (non-hydrogen) atoms. The molecule has 0 aliphatic rings. The second kappa shape index (κ2) is 4.23. The van der Waals surface area contributed by atoms with Crippen molar-refractivity contribution in [3.05, 3.63) is 42.2 Å². The first-order valence-electron chi connectivity index (χ1n) is 4.99. The van der Waals surface area contributed by atoms with Gasteiger partial charge in [0.1, 0.15) is 0 Å². The molecule has 2 aromatic rings. The normalized spacial score (nSPS) is 12.7. The highest BCUT2D eigenvalue weighted by molar-refractivity contribution is 5.30. The highest BCUT2D eigenvalue weighted by Crippen LogP contribution is 2.12. The molecule has 4 heteroatoms. The molecular formula is C11H14N4. The Morgan fingerprint density at radius 1 is 1.33 bits per heavy atom. The summed E-state index contributed by atoms with van der Waals surface area (Å²) in [7, 11) is 0. The van der Waals surface area contributed by atoms with Crippen LogP contribution in [0.1, 0.15) is 18.5 Å². The fourth-order valence-corrected chi connectivity index (χ4v) is 1.33. The van der Waals surface area contributed by atoms with Gasteiger partial charge in [-0.15, -0.1) is 5.10 Å². The smallest absolute Gasteiger partial charge is 0.0872 e. The number of rotatable bonds is 3. The summed E-state index contributed by atoms with van der Waals surface area (Å²) >= 11 is 0. The van der Waals surface area contributed by atoms with Crippen LogP contribution in [0.4, 0.5) is 0 Å². The summed E-state index contributed by atoms with van der Waals surface area (Å²) in [5.41, 5.74) is 7.52. The Morgan fingerprint density at radius 2 is 2.07 bits per heavy atom. The number of hydrogen-bond acceptors (Lipinski definition) is 3. The molecule has 2 N–H and O–H groups in total. The van der Waals surface area contributed by atoms with Crippen molar-refractivity contribution in [1.82, 2.24) is 15.0 Å². The Kier molecular flexibility index (Phi) is 2.78. The quantitative estimate of drug-likeness (QED) is 0.816. The zero-order valence-electron chi connectivity index (χ0n) is 8.67. The van der Waals surface area contributed by atoms with E-state index in [1.807, 2.05) is 43.5 Å². The van der Waals surface area contributed by atoms with Crippen LogP contribution in [0.25, 0.3) is 5.69 Å². The Morgan fingerprint density at radius 3 is 2.73 bits per heavy atom. The summed E-state index contributed by atoms with van der Waals surface area (Å²) in [6.45, 7) is 2.63. The lowest BCUT2D eigenvalue weighted by atomic mass is 10.1. The molecule has 0 saturated heterocycles. The summed E-state index contributed by atoms with van der Waals surface area (Å²) in [6.07, 6.45) is 1.92. The third kappa shape index (κ3) is 2.05. The highest BCUT2D eigenvalue weighted by atomic mass is 15.4. The Bertz CT molecular complexity index is 421. The van der Waals surface area contributed by atoms with E-state index in [0.29, 0.717) is 6.54 Å². The molecule has 0 aliphatic heterocycles. The molecule has 0 fully saturated rings. The van der Waals surface area contributed by atoms with Crippen LogP contribution in [-0.4, -0.2) is 21.5 Å². The van der Waals surface area contributed by atoms with E-state index in [0.717, 1.165) is 11.4 Å². The number of benzene rings is 1. The highest BCUT2D eigenvalue weighted by Gasteiger charge is 2.08. The maximum Gasteiger partial charge on any atom is 0.0872 e. The molecule has 1 aromatic carbocycles. The van der Waals surface area contributed by atoms with E-state index in [1.54, 1.807) is 4.68 Å². The van der Waals surface area contributed by atoms with Crippen molar-refractivity contribution in [1.29, 1.82) is 0 Å². The van der Waals surface area contributed by atoms with E-state index in [4.69, 9.17) is 5.73 Å². The molecule has 1 atom stereocenters. The predicted molar refractivity (Wildman–Crippen MR) is 58.8 cm³/mol. The topological polar surface area (TPSA) is 56.7 Å². The first-order chi connectivity index (χ1) is 7.31. The average Bonchev–Trinajstić information content (AvgIpc) is 2.78. The van der Waals surface area contributed by atoms with E-state index >= 15 is 0 Å². The van der Waals surface area contributed by atoms with Gasteiger partial charge in [0, 0.05) is 12.5 Å². The summed E-state index contributed by atoms with van der Waals surface area (Å²) in [5, 5.41) is 8.16. The second-order valence-electron chi connectivity index (χ2n) is 3.56. The maximum absolute atomic E-state index is 5.57. The van der Waals surface area contributed by atoms with Crippen LogP contribution >= 0.6 is 0 Å². The zero-order valence-corrected chi connectivity index (χ0v) is 8.67. The zero-order chi connectivity index (χ0) is 10.7. The van der Waals surface area contributed by atoms with Crippen LogP contribution in [0.2, 0.25) is 0 Å². The van der Waals surface area contributed by atoms with Gasteiger partial charge in [0.05, 0.1) is 17.6 Å². The summed E-state index contributed by atoms with van der Waals surface area (Å²) in [4.78, 5) is 0. The van der Waals surface area contributed by atoms with Crippen LogP contribution in [-0.2, 0) is 0 Å². The Balaban J connectivity index is 2.28. The van der Waals surface area contributed by atoms with Crippen LogP contribution in [0.15, 0.2) is 36.5 Å². The van der Waals surface area contributed by atoms with Crippen molar-refractivity contribution in [3.63, 3.8) is 0 Å². The number of hydrogen-bond donors (Lipinski definition) is 1. The lowest BCUT2D eigenvalue weighted by Gasteiger charge is -2.01. The first-order valence-corrected chi connectivity index (χ1v) is 4.99. The van der Waals surface area contributed by atoms with Gasteiger partial charge in [-0.2, -0.15) is 0 Å². The van der Waals surface area contributed by atoms with Crippen molar-refractivity contribution in [2.24, 2.45) is 5.73 Å². The molecule has 2 rings (SSSR count). The van der Waals surface area contributed by atoms with Crippen LogP contribution in [0.5, 0.6) is 0 Å². The van der Waals surface area contributed by atoms with Gasteiger partial charge in [-0.05, 0) is 12.1 Å². The molecule has 1 unspecified atom stereocenters. The van der Waals surface area contributed by atoms with Crippen molar-refractivity contribution < 1.29 is 0 Å². The van der Waals surface area contributed by atoms with Gasteiger partial charge in [-0.25, -0.2) is 4.68 Å². The standard InChI is InChI=1S/C11H14N4/c1-9(7-12)11-8-15(14-13-11)10-5-3-2-4-6-10/h2-6,8-9H,7,12H2,1H3. The Labute approximate surface area is 88.7 Å². The molecular weight excluding hydrogens is 188 g/mol. The second-order valence-corrected chi connectivity index (χ2v) is 3.56. The fraction of sp³-hybridized carbons (Fsp3) is 0.273. The maximum atomic E-state index is 5.57. The van der Waals surface area contributed by atoms with E-state index in [-0.39, 0.29) is 5.92 Å². The van der Waals surface area contributed by atoms with Crippen molar-refractivity contribution in [2.45, 2.75) is 12.8 Å². The molecule has 0 bridgehead atoms. The van der Waals surface area contributed by atoms with Crippen LogP contribution in [0, 0.1) is 0 Å². The SMILES string of the molecule is CC(CN)c1cn(-c2ccccc2)nn1. The molecule has 78 valence electrons. The summed E-state index contributed by atoms with van der Waals surface area (Å²) in [6, 6.07) is 9.91. The first kappa shape index (κ1) is 9.86. The van der Waals surface area contributed by atoms with Gasteiger partial charge in [0.15, 0.2) is 0 Å². The number of para-hydroxylation sites is 1. The van der Waals surface area contributed by atoms with E-state index < -0.39 is 0 Å². The third-order valence-corrected chi connectivity index (χ3v) is 2.39. The number of nitrogens with two attached hydrogens (primary N) is 1. The minimum atomic E-state index is 0.252. The molecule has 1 heterocycles. The molecule has 0 saturated carbocycles. The minimum absolute atomic E-state index is 0.252. The van der Waals surface area contributed by atoms with E-state index in [1.165, 1.54) is 0 Å². The average molecular weight is 202 g/mol. The van der Waals surface area contributed by atoms with Crippen LogP contribution < -0.4 is 5.73 Å². The van der Waals surface area contributed by atoms with Crippen molar-refractivity contribution in [3.8, 4) is 5.69 Å². The van der Waals surface area contributed by atoms with Gasteiger partial charge in [-0.1, -0.05) is 30.3 Å². The number of aromatic nitrogens is 3. The monoisotopic (exact) mass is 202 g/mol. The number of nitrogens with zero attached hydrogens (tertiary/aromatic N) is 3. The lowest BCUT2D eigenvalue weighted by Crippen LogP contribution is -2.09. The molecule has 0 aliphatic carbocycles. The molecule has 4 nitrogen and oxygen atoms in total. The van der Waals surface area contributed by atoms with Crippen LogP contribution in [0.3, 0.4) is 0 Å². The van der Waals surface area contributed by atoms with Crippen molar-refractivity contribution >= 4 is 0 Å². The van der Waals surface area contributed by atoms with E-state index in [9.17, 15) is 0 Å². The summed E-state index contributed by atoms with van der Waals surface area (Å²) < 4.78 is 1.77. The minimum Gasteiger partial charge on any atom is -0.330 e. The van der Waals surface area contributed by atoms with Gasteiger partial charge in [0.25, 0.3) is 0 Å². The molecule has 0 spiro atoms. The third-order valence-electron chi connectivity index (χ3n) is 2.39. The van der Waals surface area contributed by atoms with Gasteiger partial charge < -0.3 is 5.73 Å². The van der Waals surface area contributed by atoms with Gasteiger partial charge >= 0.3 is 0 Å². The van der Waals surface area contributed by atoms with E-state index in [2.05, 4.69) is 10.3 Å². The molecule has 1 aromatic heterocycles.